The molecule has 0 aliphatic heterocycles. The first-order valence-electron chi connectivity index (χ1n) is 6.50. The van der Waals surface area contributed by atoms with Crippen LogP contribution in [-0.4, -0.2) is 20.3 Å². The maximum atomic E-state index is 6.27. The van der Waals surface area contributed by atoms with E-state index in [0.29, 0.717) is 11.0 Å². The molecule has 0 aromatic carbocycles. The Hall–Kier alpha value is 0.397. The Bertz CT molecular complexity index is 257. The van der Waals surface area contributed by atoms with Crippen molar-refractivity contribution in [2.45, 2.75) is 59.2 Å². The van der Waals surface area contributed by atoms with E-state index in [-0.39, 0.29) is 0 Å². The van der Waals surface area contributed by atoms with Gasteiger partial charge in [0.05, 0.1) is 6.61 Å². The van der Waals surface area contributed by atoms with Crippen LogP contribution in [0.15, 0.2) is 11.6 Å². The second-order valence-electron chi connectivity index (χ2n) is 6.20. The summed E-state index contributed by atoms with van der Waals surface area (Å²) in [5.41, 5.74) is 1.35. The van der Waals surface area contributed by atoms with E-state index in [2.05, 4.69) is 69.7 Å². The van der Waals surface area contributed by atoms with Gasteiger partial charge in [-0.25, -0.2) is 0 Å². The Morgan fingerprint density at radius 3 is 2.29 bits per heavy atom. The minimum atomic E-state index is -1.65. The molecule has 0 fully saturated rings. The molecular formula is C14H29BrOSi. The van der Waals surface area contributed by atoms with Gasteiger partial charge in [0, 0.05) is 5.33 Å². The molecule has 0 aliphatic rings. The summed E-state index contributed by atoms with van der Waals surface area (Å²) in [5.74, 6) is 0.663. The van der Waals surface area contributed by atoms with Crippen molar-refractivity contribution >= 4 is 24.2 Å². The molecule has 0 saturated carbocycles. The predicted molar refractivity (Wildman–Crippen MR) is 84.5 cm³/mol. The summed E-state index contributed by atoms with van der Waals surface area (Å²) in [4.78, 5) is 0. The van der Waals surface area contributed by atoms with Gasteiger partial charge in [-0.3, -0.25) is 0 Å². The van der Waals surface area contributed by atoms with Crippen molar-refractivity contribution in [2.24, 2.45) is 5.92 Å². The van der Waals surface area contributed by atoms with Gasteiger partial charge in [-0.05, 0) is 37.4 Å². The molecule has 0 amide bonds. The molecule has 0 saturated heterocycles. The second-order valence-corrected chi connectivity index (χ2v) is 11.6. The molecule has 0 heterocycles. The lowest BCUT2D eigenvalue weighted by atomic mass is 9.99. The summed E-state index contributed by atoms with van der Waals surface area (Å²) < 4.78 is 6.27. The topological polar surface area (TPSA) is 9.23 Å². The molecule has 0 aromatic heterocycles. The fourth-order valence-corrected chi connectivity index (χ4v) is 4.12. The molecule has 0 aliphatic carbocycles. The highest BCUT2D eigenvalue weighted by Crippen LogP contribution is 2.44. The second kappa shape index (κ2) is 7.10. The van der Waals surface area contributed by atoms with Gasteiger partial charge in [-0.2, -0.15) is 0 Å². The van der Waals surface area contributed by atoms with E-state index in [4.69, 9.17) is 4.43 Å². The number of hydrogen-bond acceptors (Lipinski definition) is 1. The monoisotopic (exact) mass is 320 g/mol. The van der Waals surface area contributed by atoms with Gasteiger partial charge in [-0.1, -0.05) is 55.3 Å². The smallest absolute Gasteiger partial charge is 0.193 e. The molecule has 0 N–H and O–H groups in total. The van der Waals surface area contributed by atoms with E-state index in [1.54, 1.807) is 0 Å². The van der Waals surface area contributed by atoms with Crippen LogP contribution in [-0.2, 0) is 4.43 Å². The number of rotatable bonds is 7. The molecule has 17 heavy (non-hydrogen) atoms. The van der Waals surface area contributed by atoms with Gasteiger partial charge in [0.2, 0.25) is 0 Å². The zero-order valence-electron chi connectivity index (χ0n) is 12.6. The Labute approximate surface area is 117 Å². The third-order valence-electron chi connectivity index (χ3n) is 4.26. The van der Waals surface area contributed by atoms with Crippen molar-refractivity contribution in [3.8, 4) is 0 Å². The lowest BCUT2D eigenvalue weighted by Crippen LogP contribution is -2.45. The lowest BCUT2D eigenvalue weighted by molar-refractivity contribution is 0.291. The molecule has 102 valence electrons. The maximum Gasteiger partial charge on any atom is 0.193 e. The minimum absolute atomic E-state index is 0.308. The summed E-state index contributed by atoms with van der Waals surface area (Å²) in [6, 6.07) is 0. The molecule has 0 unspecified atom stereocenters. The first-order chi connectivity index (χ1) is 7.65. The van der Waals surface area contributed by atoms with E-state index >= 15 is 0 Å². The number of halogens is 1. The largest absolute Gasteiger partial charge is 0.413 e. The molecule has 0 radical (unpaired) electrons. The number of alkyl halides is 1. The average Bonchev–Trinajstić information content (AvgIpc) is 2.23. The van der Waals surface area contributed by atoms with E-state index < -0.39 is 8.32 Å². The standard InChI is InChI=1S/C14H29BrOSi/c1-12(2)14(4,5)17(6,7)16-11-13(3)9-8-10-15/h9,12H,8,10-11H2,1-7H3/b13-9+. The summed E-state index contributed by atoms with van der Waals surface area (Å²) in [6.07, 6.45) is 3.35. The van der Waals surface area contributed by atoms with Crippen molar-refractivity contribution < 1.29 is 4.43 Å². The average molecular weight is 321 g/mol. The minimum Gasteiger partial charge on any atom is -0.413 e. The van der Waals surface area contributed by atoms with Gasteiger partial charge in [-0.15, -0.1) is 0 Å². The Morgan fingerprint density at radius 1 is 1.35 bits per heavy atom. The lowest BCUT2D eigenvalue weighted by Gasteiger charge is -2.42. The quantitative estimate of drug-likeness (QED) is 0.348. The van der Waals surface area contributed by atoms with Crippen LogP contribution in [0.25, 0.3) is 0 Å². The van der Waals surface area contributed by atoms with Crippen molar-refractivity contribution in [3.63, 3.8) is 0 Å². The normalized spacial score (nSPS) is 14.5. The van der Waals surface area contributed by atoms with Crippen LogP contribution in [0.2, 0.25) is 18.1 Å². The summed E-state index contributed by atoms with van der Waals surface area (Å²) in [5, 5.41) is 1.34. The summed E-state index contributed by atoms with van der Waals surface area (Å²) in [7, 11) is -1.65. The van der Waals surface area contributed by atoms with Crippen LogP contribution in [0, 0.1) is 5.92 Å². The maximum absolute atomic E-state index is 6.27. The molecule has 1 nitrogen and oxygen atoms in total. The predicted octanol–water partition coefficient (Wildman–Crippen LogP) is 5.38. The van der Waals surface area contributed by atoms with Gasteiger partial charge >= 0.3 is 0 Å². The molecule has 0 aromatic rings. The molecule has 0 atom stereocenters. The van der Waals surface area contributed by atoms with E-state index in [1.165, 1.54) is 5.57 Å². The van der Waals surface area contributed by atoms with Gasteiger partial charge in [0.25, 0.3) is 0 Å². The molecule has 3 heteroatoms. The first-order valence-corrected chi connectivity index (χ1v) is 10.5. The molecule has 0 bridgehead atoms. The van der Waals surface area contributed by atoms with Crippen LogP contribution in [0.1, 0.15) is 41.0 Å². The number of allylic oxidation sites excluding steroid dienone is 1. The highest BCUT2D eigenvalue weighted by atomic mass is 79.9. The SMILES string of the molecule is C/C(=C\CCBr)CO[Si](C)(C)C(C)(C)C(C)C. The van der Waals surface area contributed by atoms with Crippen LogP contribution < -0.4 is 0 Å². The van der Waals surface area contributed by atoms with Crippen molar-refractivity contribution in [3.05, 3.63) is 11.6 Å². The zero-order chi connectivity index (χ0) is 13.7. The van der Waals surface area contributed by atoms with E-state index in [1.807, 2.05) is 0 Å². The van der Waals surface area contributed by atoms with Gasteiger partial charge < -0.3 is 4.43 Å². The third-order valence-corrected chi connectivity index (χ3v) is 9.26. The van der Waals surface area contributed by atoms with Crippen LogP contribution >= 0.6 is 15.9 Å². The van der Waals surface area contributed by atoms with Crippen LogP contribution in [0.3, 0.4) is 0 Å². The van der Waals surface area contributed by atoms with E-state index in [0.717, 1.165) is 18.4 Å². The van der Waals surface area contributed by atoms with Gasteiger partial charge in [0.1, 0.15) is 0 Å². The fraction of sp³-hybridized carbons (Fsp3) is 0.857. The Kier molecular flexibility index (Phi) is 7.27. The first kappa shape index (κ1) is 17.4. The zero-order valence-corrected chi connectivity index (χ0v) is 15.1. The van der Waals surface area contributed by atoms with Crippen molar-refractivity contribution in [1.82, 2.24) is 0 Å². The Balaban J connectivity index is 4.46. The molecular weight excluding hydrogens is 292 g/mol. The highest BCUT2D eigenvalue weighted by Gasteiger charge is 2.43. The summed E-state index contributed by atoms with van der Waals surface area (Å²) >= 11 is 3.44. The van der Waals surface area contributed by atoms with Crippen molar-refractivity contribution in [1.29, 1.82) is 0 Å². The van der Waals surface area contributed by atoms with Crippen LogP contribution in [0.4, 0.5) is 0 Å². The Morgan fingerprint density at radius 2 is 1.88 bits per heavy atom. The third kappa shape index (κ3) is 5.27. The molecule has 0 spiro atoms. The van der Waals surface area contributed by atoms with Crippen LogP contribution in [0.5, 0.6) is 0 Å². The van der Waals surface area contributed by atoms with E-state index in [9.17, 15) is 0 Å². The molecule has 0 rings (SSSR count). The highest BCUT2D eigenvalue weighted by molar-refractivity contribution is 9.09. The number of hydrogen-bond donors (Lipinski definition) is 0. The summed E-state index contributed by atoms with van der Waals surface area (Å²) in [6.45, 7) is 16.9. The fourth-order valence-electron chi connectivity index (χ4n) is 1.54. The van der Waals surface area contributed by atoms with Crippen molar-refractivity contribution in [2.75, 3.05) is 11.9 Å². The van der Waals surface area contributed by atoms with Gasteiger partial charge in [0.15, 0.2) is 8.32 Å².